The van der Waals surface area contributed by atoms with Crippen molar-refractivity contribution >= 4 is 21.6 Å². The predicted molar refractivity (Wildman–Crippen MR) is 110 cm³/mol. The third-order valence-corrected chi connectivity index (χ3v) is 6.94. The number of nitrogens with zero attached hydrogens (tertiary/aromatic N) is 3. The second kappa shape index (κ2) is 9.71. The highest BCUT2D eigenvalue weighted by Crippen LogP contribution is 2.21. The lowest BCUT2D eigenvalue weighted by molar-refractivity contribution is 0.275. The highest BCUT2D eigenvalue weighted by atomic mass is 32.2. The van der Waals surface area contributed by atoms with Crippen LogP contribution in [0.5, 0.6) is 5.75 Å². The van der Waals surface area contributed by atoms with Gasteiger partial charge in [-0.1, -0.05) is 48.2 Å². The number of para-hydroxylation sites is 1. The first-order chi connectivity index (χ1) is 14.0. The summed E-state index contributed by atoms with van der Waals surface area (Å²) in [4.78, 5) is 0.298. The van der Waals surface area contributed by atoms with Crippen molar-refractivity contribution in [1.82, 2.24) is 14.8 Å². The molecule has 3 rings (SSSR count). The molecule has 0 saturated heterocycles. The van der Waals surface area contributed by atoms with Gasteiger partial charge in [0.05, 0.1) is 10.6 Å². The van der Waals surface area contributed by atoms with Crippen LogP contribution >= 0.6 is 11.8 Å². The smallest absolute Gasteiger partial charge is 0.191 e. The van der Waals surface area contributed by atoms with Gasteiger partial charge in [-0.3, -0.25) is 4.57 Å². The van der Waals surface area contributed by atoms with Crippen LogP contribution < -0.4 is 4.74 Å². The normalized spacial score (nSPS) is 11.3. The summed E-state index contributed by atoms with van der Waals surface area (Å²) in [5.41, 5.74) is 0. The van der Waals surface area contributed by atoms with Gasteiger partial charge in [-0.15, -0.1) is 16.8 Å². The maximum Gasteiger partial charge on any atom is 0.191 e. The number of sulfone groups is 1. The lowest BCUT2D eigenvalue weighted by Gasteiger charge is -2.09. The molecule has 0 radical (unpaired) electrons. The topological polar surface area (TPSA) is 74.1 Å². The molecule has 2 aromatic carbocycles. The number of aromatic nitrogens is 3. The van der Waals surface area contributed by atoms with Crippen molar-refractivity contribution in [3.8, 4) is 5.75 Å². The van der Waals surface area contributed by atoms with E-state index in [1.165, 1.54) is 23.9 Å². The molecule has 0 atom stereocenters. The van der Waals surface area contributed by atoms with Crippen LogP contribution in [0.3, 0.4) is 0 Å². The Balaban J connectivity index is 1.65. The largest absolute Gasteiger partial charge is 0.483 e. The molecule has 0 N–H and O–H groups in total. The highest BCUT2D eigenvalue weighted by molar-refractivity contribution is 8.00. The number of benzene rings is 2. The summed E-state index contributed by atoms with van der Waals surface area (Å²) >= 11 is 1.29. The van der Waals surface area contributed by atoms with Crippen molar-refractivity contribution in [2.24, 2.45) is 0 Å². The van der Waals surface area contributed by atoms with Gasteiger partial charge in [-0.05, 0) is 24.3 Å². The first-order valence-corrected chi connectivity index (χ1v) is 11.5. The minimum atomic E-state index is -3.36. The molecule has 152 valence electrons. The number of thioether (sulfide) groups is 1. The van der Waals surface area contributed by atoms with Crippen LogP contribution in [-0.4, -0.2) is 34.7 Å². The van der Waals surface area contributed by atoms with Crippen LogP contribution in [0.25, 0.3) is 0 Å². The Morgan fingerprint density at radius 2 is 1.83 bits per heavy atom. The fraction of sp³-hybridized carbons (Fsp3) is 0.200. The average Bonchev–Trinajstić information content (AvgIpc) is 3.10. The molecule has 1 heterocycles. The van der Waals surface area contributed by atoms with Crippen LogP contribution in [0.4, 0.5) is 4.39 Å². The lowest BCUT2D eigenvalue weighted by atomic mass is 10.3. The molecule has 0 aliphatic rings. The van der Waals surface area contributed by atoms with E-state index in [1.807, 2.05) is 0 Å². The van der Waals surface area contributed by atoms with Gasteiger partial charge in [-0.2, -0.15) is 0 Å². The van der Waals surface area contributed by atoms with Crippen LogP contribution in [0, 0.1) is 5.82 Å². The van der Waals surface area contributed by atoms with E-state index in [0.717, 1.165) is 0 Å². The molecule has 0 unspecified atom stereocenters. The summed E-state index contributed by atoms with van der Waals surface area (Å²) in [7, 11) is -3.36. The van der Waals surface area contributed by atoms with Gasteiger partial charge in [0, 0.05) is 12.3 Å². The highest BCUT2D eigenvalue weighted by Gasteiger charge is 2.17. The van der Waals surface area contributed by atoms with E-state index in [4.69, 9.17) is 4.74 Å². The summed E-state index contributed by atoms with van der Waals surface area (Å²) in [6.07, 6.45) is 1.68. The molecule has 1 aromatic heterocycles. The molecule has 0 amide bonds. The minimum absolute atomic E-state index is 0.0241. The van der Waals surface area contributed by atoms with Crippen LogP contribution in [0.1, 0.15) is 5.82 Å². The Kier molecular flexibility index (Phi) is 7.05. The van der Waals surface area contributed by atoms with E-state index >= 15 is 0 Å². The van der Waals surface area contributed by atoms with Gasteiger partial charge < -0.3 is 4.74 Å². The number of hydrogen-bond donors (Lipinski definition) is 0. The quantitative estimate of drug-likeness (QED) is 0.358. The lowest BCUT2D eigenvalue weighted by Crippen LogP contribution is -2.10. The van der Waals surface area contributed by atoms with Gasteiger partial charge >= 0.3 is 0 Å². The summed E-state index contributed by atoms with van der Waals surface area (Å²) < 4.78 is 45.8. The van der Waals surface area contributed by atoms with Gasteiger partial charge in [0.1, 0.15) is 6.61 Å². The summed E-state index contributed by atoms with van der Waals surface area (Å²) in [6, 6.07) is 14.5. The number of rotatable bonds is 10. The first kappa shape index (κ1) is 21.1. The van der Waals surface area contributed by atoms with E-state index in [1.54, 1.807) is 53.1 Å². The van der Waals surface area contributed by atoms with Crippen molar-refractivity contribution < 1.29 is 17.5 Å². The molecule has 0 aliphatic carbocycles. The monoisotopic (exact) mass is 433 g/mol. The molecular formula is C20H20FN3O3S2. The number of hydrogen-bond acceptors (Lipinski definition) is 6. The Bertz CT molecular complexity index is 1070. The minimum Gasteiger partial charge on any atom is -0.483 e. The van der Waals surface area contributed by atoms with Crippen LogP contribution in [0.2, 0.25) is 0 Å². The second-order valence-corrected chi connectivity index (χ2v) is 9.17. The zero-order valence-electron chi connectivity index (χ0n) is 15.6. The maximum atomic E-state index is 13.7. The van der Waals surface area contributed by atoms with Crippen LogP contribution in [0.15, 0.2) is 77.3 Å². The van der Waals surface area contributed by atoms with Gasteiger partial charge in [0.15, 0.2) is 32.4 Å². The average molecular weight is 434 g/mol. The molecule has 29 heavy (non-hydrogen) atoms. The first-order valence-electron chi connectivity index (χ1n) is 8.82. The number of allylic oxidation sites excluding steroid dienone is 1. The Morgan fingerprint density at radius 3 is 2.55 bits per heavy atom. The zero-order chi connectivity index (χ0) is 20.7. The van der Waals surface area contributed by atoms with Crippen molar-refractivity contribution in [2.45, 2.75) is 23.2 Å². The molecule has 3 aromatic rings. The van der Waals surface area contributed by atoms with Gasteiger partial charge in [-0.25, -0.2) is 12.8 Å². The van der Waals surface area contributed by atoms with E-state index in [-0.39, 0.29) is 18.1 Å². The molecule has 0 spiro atoms. The second-order valence-electron chi connectivity index (χ2n) is 6.00. The SMILES string of the molecule is C=CCn1c(COc2ccccc2F)nnc1SCCS(=O)(=O)c1ccccc1. The van der Waals surface area contributed by atoms with Gasteiger partial charge in [0.25, 0.3) is 0 Å². The summed E-state index contributed by atoms with van der Waals surface area (Å²) in [5.74, 6) is 0.470. The summed E-state index contributed by atoms with van der Waals surface area (Å²) in [6.45, 7) is 4.19. The fourth-order valence-electron chi connectivity index (χ4n) is 2.54. The van der Waals surface area contributed by atoms with Crippen LogP contribution in [-0.2, 0) is 23.0 Å². The van der Waals surface area contributed by atoms with Crippen molar-refractivity contribution in [1.29, 1.82) is 0 Å². The summed E-state index contributed by atoms with van der Waals surface area (Å²) in [5, 5.41) is 8.78. The molecule has 6 nitrogen and oxygen atoms in total. The van der Waals surface area contributed by atoms with Crippen molar-refractivity contribution in [3.63, 3.8) is 0 Å². The fourth-order valence-corrected chi connectivity index (χ4v) is 5.17. The van der Waals surface area contributed by atoms with E-state index < -0.39 is 15.7 Å². The van der Waals surface area contributed by atoms with Crippen molar-refractivity contribution in [2.75, 3.05) is 11.5 Å². The van der Waals surface area contributed by atoms with E-state index in [0.29, 0.717) is 28.2 Å². The zero-order valence-corrected chi connectivity index (χ0v) is 17.2. The Labute approximate surface area is 173 Å². The third kappa shape index (κ3) is 5.45. The molecule has 9 heteroatoms. The molecule has 0 saturated carbocycles. The third-order valence-electron chi connectivity index (χ3n) is 3.98. The van der Waals surface area contributed by atoms with E-state index in [2.05, 4.69) is 16.8 Å². The Morgan fingerprint density at radius 1 is 1.10 bits per heavy atom. The molecule has 0 fully saturated rings. The Hall–Kier alpha value is -2.65. The van der Waals surface area contributed by atoms with E-state index in [9.17, 15) is 12.8 Å². The molecule has 0 bridgehead atoms. The maximum absolute atomic E-state index is 13.7. The number of halogens is 1. The standard InChI is InChI=1S/C20H20FN3O3S2/c1-2-12-24-19(15-27-18-11-7-6-10-17(18)21)22-23-20(24)28-13-14-29(25,26)16-8-4-3-5-9-16/h2-11H,1,12-15H2. The van der Waals surface area contributed by atoms with Crippen molar-refractivity contribution in [3.05, 3.63) is 78.9 Å². The molecular weight excluding hydrogens is 413 g/mol. The molecule has 0 aliphatic heterocycles. The number of ether oxygens (including phenoxy) is 1. The van der Waals surface area contributed by atoms with Gasteiger partial charge in [0.2, 0.25) is 0 Å². The predicted octanol–water partition coefficient (Wildman–Crippen LogP) is 3.75.